The Morgan fingerprint density at radius 2 is 2.46 bits per heavy atom. The van der Waals surface area contributed by atoms with Gasteiger partial charge in [-0.2, -0.15) is 0 Å². The topological polar surface area (TPSA) is 49.2 Å². The fourth-order valence-electron chi connectivity index (χ4n) is 1.77. The Balaban J connectivity index is 2.16. The van der Waals surface area contributed by atoms with E-state index in [1.54, 1.807) is 18.6 Å². The van der Waals surface area contributed by atoms with E-state index in [-0.39, 0.29) is 12.6 Å². The molecule has 0 unspecified atom stereocenters. The van der Waals surface area contributed by atoms with E-state index >= 15 is 0 Å². The predicted octanol–water partition coefficient (Wildman–Crippen LogP) is 0.438. The van der Waals surface area contributed by atoms with E-state index in [4.69, 9.17) is 5.11 Å². The number of aliphatic hydroxyl groups is 1. The number of nitrogens with zero attached hydrogens (tertiary/aromatic N) is 3. The number of aliphatic hydroxyl groups excluding tert-OH is 1. The van der Waals surface area contributed by atoms with Crippen molar-refractivity contribution in [3.8, 4) is 0 Å². The molecule has 2 heterocycles. The largest absolute Gasteiger partial charge is 0.394 e. The summed E-state index contributed by atoms with van der Waals surface area (Å²) in [4.78, 5) is 10.3. The predicted molar refractivity (Wildman–Crippen MR) is 49.5 cm³/mol. The SMILES string of the molecule is OC[C@H]1CCCN1c1cnccn1. The van der Waals surface area contributed by atoms with Crippen LogP contribution in [0.5, 0.6) is 0 Å². The van der Waals surface area contributed by atoms with E-state index in [1.165, 1.54) is 0 Å². The first-order valence-corrected chi connectivity index (χ1v) is 4.55. The second-order valence-electron chi connectivity index (χ2n) is 3.24. The van der Waals surface area contributed by atoms with Crippen LogP contribution in [0.4, 0.5) is 5.82 Å². The number of hydrogen-bond donors (Lipinski definition) is 1. The Kier molecular flexibility index (Phi) is 2.40. The quantitative estimate of drug-likeness (QED) is 0.715. The Bertz CT molecular complexity index is 265. The van der Waals surface area contributed by atoms with Gasteiger partial charge in [0.2, 0.25) is 0 Å². The molecule has 2 rings (SSSR count). The van der Waals surface area contributed by atoms with Crippen LogP contribution in [0.2, 0.25) is 0 Å². The highest BCUT2D eigenvalue weighted by atomic mass is 16.3. The van der Waals surface area contributed by atoms with Gasteiger partial charge < -0.3 is 10.0 Å². The number of aromatic nitrogens is 2. The van der Waals surface area contributed by atoms with Crippen LogP contribution in [-0.4, -0.2) is 34.3 Å². The van der Waals surface area contributed by atoms with Crippen LogP contribution in [0.25, 0.3) is 0 Å². The van der Waals surface area contributed by atoms with Gasteiger partial charge in [0.15, 0.2) is 0 Å². The zero-order valence-corrected chi connectivity index (χ0v) is 7.43. The molecule has 4 nitrogen and oxygen atoms in total. The maximum absolute atomic E-state index is 9.11. The van der Waals surface area contributed by atoms with Crippen LogP contribution in [0, 0.1) is 0 Å². The lowest BCUT2D eigenvalue weighted by Crippen LogP contribution is -2.32. The van der Waals surface area contributed by atoms with E-state index in [1.807, 2.05) is 0 Å². The highest BCUT2D eigenvalue weighted by Gasteiger charge is 2.24. The minimum absolute atomic E-state index is 0.205. The molecule has 0 amide bonds. The summed E-state index contributed by atoms with van der Waals surface area (Å²) in [6.45, 7) is 1.18. The van der Waals surface area contributed by atoms with Crippen LogP contribution in [0.15, 0.2) is 18.6 Å². The molecule has 1 aromatic rings. The zero-order valence-electron chi connectivity index (χ0n) is 7.43. The van der Waals surface area contributed by atoms with E-state index in [0.717, 1.165) is 25.2 Å². The summed E-state index contributed by atoms with van der Waals surface area (Å²) < 4.78 is 0. The van der Waals surface area contributed by atoms with Gasteiger partial charge in [-0.3, -0.25) is 4.98 Å². The summed E-state index contributed by atoms with van der Waals surface area (Å²) in [5.74, 6) is 0.874. The minimum atomic E-state index is 0.205. The third-order valence-electron chi connectivity index (χ3n) is 2.43. The van der Waals surface area contributed by atoms with Crippen molar-refractivity contribution in [1.29, 1.82) is 0 Å². The van der Waals surface area contributed by atoms with E-state index < -0.39 is 0 Å². The summed E-state index contributed by atoms with van der Waals surface area (Å²) in [6.07, 6.45) is 7.26. The first-order chi connectivity index (χ1) is 6.42. The molecule has 1 fully saturated rings. The molecule has 0 spiro atoms. The molecule has 70 valence electrons. The maximum atomic E-state index is 9.11. The van der Waals surface area contributed by atoms with Crippen molar-refractivity contribution in [2.75, 3.05) is 18.1 Å². The molecule has 1 N–H and O–H groups in total. The van der Waals surface area contributed by atoms with Gasteiger partial charge in [0.1, 0.15) is 5.82 Å². The summed E-state index contributed by atoms with van der Waals surface area (Å²) >= 11 is 0. The molecule has 0 aromatic carbocycles. The molecule has 0 radical (unpaired) electrons. The Morgan fingerprint density at radius 1 is 1.54 bits per heavy atom. The Hall–Kier alpha value is -1.16. The van der Waals surface area contributed by atoms with Gasteiger partial charge in [0, 0.05) is 18.9 Å². The first-order valence-electron chi connectivity index (χ1n) is 4.55. The van der Waals surface area contributed by atoms with E-state index in [9.17, 15) is 0 Å². The third-order valence-corrected chi connectivity index (χ3v) is 2.43. The molecular formula is C9H13N3O. The highest BCUT2D eigenvalue weighted by molar-refractivity contribution is 5.38. The van der Waals surface area contributed by atoms with Gasteiger partial charge >= 0.3 is 0 Å². The standard InChI is InChI=1S/C9H13N3O/c13-7-8-2-1-5-12(8)9-6-10-3-4-11-9/h3-4,6,8,13H,1-2,5,7H2/t8-/m1/s1. The van der Waals surface area contributed by atoms with Crippen LogP contribution in [0.1, 0.15) is 12.8 Å². The highest BCUT2D eigenvalue weighted by Crippen LogP contribution is 2.21. The van der Waals surface area contributed by atoms with Crippen LogP contribution >= 0.6 is 0 Å². The molecule has 1 aromatic heterocycles. The lowest BCUT2D eigenvalue weighted by molar-refractivity contribution is 0.266. The number of hydrogen-bond acceptors (Lipinski definition) is 4. The van der Waals surface area contributed by atoms with Crippen LogP contribution in [0.3, 0.4) is 0 Å². The Morgan fingerprint density at radius 3 is 3.15 bits per heavy atom. The average molecular weight is 179 g/mol. The molecule has 4 heteroatoms. The molecule has 0 saturated carbocycles. The lowest BCUT2D eigenvalue weighted by atomic mass is 10.2. The fourth-order valence-corrected chi connectivity index (χ4v) is 1.77. The van der Waals surface area contributed by atoms with Gasteiger partial charge in [0.05, 0.1) is 18.8 Å². The van der Waals surface area contributed by atoms with Crippen molar-refractivity contribution in [3.05, 3.63) is 18.6 Å². The van der Waals surface area contributed by atoms with Gasteiger partial charge in [-0.15, -0.1) is 0 Å². The van der Waals surface area contributed by atoms with Crippen molar-refractivity contribution in [2.24, 2.45) is 0 Å². The number of anilines is 1. The van der Waals surface area contributed by atoms with Crippen LogP contribution < -0.4 is 4.90 Å². The van der Waals surface area contributed by atoms with Gasteiger partial charge in [-0.25, -0.2) is 4.98 Å². The maximum Gasteiger partial charge on any atom is 0.147 e. The molecule has 0 bridgehead atoms. The second-order valence-corrected chi connectivity index (χ2v) is 3.24. The van der Waals surface area contributed by atoms with Crippen molar-refractivity contribution < 1.29 is 5.11 Å². The summed E-state index contributed by atoms with van der Waals surface area (Å²) in [7, 11) is 0. The molecule has 0 aliphatic carbocycles. The summed E-state index contributed by atoms with van der Waals surface area (Å²) in [5, 5.41) is 9.11. The zero-order chi connectivity index (χ0) is 9.10. The van der Waals surface area contributed by atoms with Crippen molar-refractivity contribution in [3.63, 3.8) is 0 Å². The molecular weight excluding hydrogens is 166 g/mol. The van der Waals surface area contributed by atoms with Gasteiger partial charge in [-0.05, 0) is 12.8 Å². The number of rotatable bonds is 2. The molecule has 1 saturated heterocycles. The average Bonchev–Trinajstić information content (AvgIpc) is 2.67. The summed E-state index contributed by atoms with van der Waals surface area (Å²) in [5.41, 5.74) is 0. The molecule has 1 aliphatic rings. The van der Waals surface area contributed by atoms with Crippen molar-refractivity contribution >= 4 is 5.82 Å². The molecule has 13 heavy (non-hydrogen) atoms. The van der Waals surface area contributed by atoms with Crippen molar-refractivity contribution in [1.82, 2.24) is 9.97 Å². The third kappa shape index (κ3) is 1.62. The first kappa shape index (κ1) is 8.44. The summed E-state index contributed by atoms with van der Waals surface area (Å²) in [6, 6.07) is 0.233. The smallest absolute Gasteiger partial charge is 0.147 e. The van der Waals surface area contributed by atoms with Crippen LogP contribution in [-0.2, 0) is 0 Å². The normalized spacial score (nSPS) is 22.2. The fraction of sp³-hybridized carbons (Fsp3) is 0.556. The molecule has 1 atom stereocenters. The van der Waals surface area contributed by atoms with Gasteiger partial charge in [-0.1, -0.05) is 0 Å². The second kappa shape index (κ2) is 3.70. The Labute approximate surface area is 77.2 Å². The van der Waals surface area contributed by atoms with Gasteiger partial charge in [0.25, 0.3) is 0 Å². The van der Waals surface area contributed by atoms with E-state index in [0.29, 0.717) is 0 Å². The van der Waals surface area contributed by atoms with Crippen molar-refractivity contribution in [2.45, 2.75) is 18.9 Å². The lowest BCUT2D eigenvalue weighted by Gasteiger charge is -2.23. The van der Waals surface area contributed by atoms with E-state index in [2.05, 4.69) is 14.9 Å². The minimum Gasteiger partial charge on any atom is -0.394 e. The monoisotopic (exact) mass is 179 g/mol. The molecule has 1 aliphatic heterocycles.